The van der Waals surface area contributed by atoms with Crippen LogP contribution in [0.2, 0.25) is 0 Å². The van der Waals surface area contributed by atoms with E-state index >= 15 is 0 Å². The van der Waals surface area contributed by atoms with Gasteiger partial charge in [-0.25, -0.2) is 15.0 Å². The van der Waals surface area contributed by atoms with Crippen molar-refractivity contribution < 1.29 is 0 Å². The summed E-state index contributed by atoms with van der Waals surface area (Å²) in [5.41, 5.74) is 6.30. The van der Waals surface area contributed by atoms with E-state index in [4.69, 9.17) is 15.0 Å². The maximum Gasteiger partial charge on any atom is 0.164 e. The van der Waals surface area contributed by atoms with Gasteiger partial charge in [0, 0.05) is 33.2 Å². The van der Waals surface area contributed by atoms with E-state index in [9.17, 15) is 0 Å². The molecule has 49 heavy (non-hydrogen) atoms. The minimum atomic E-state index is 0.641. The van der Waals surface area contributed by atoms with Crippen molar-refractivity contribution in [2.75, 3.05) is 0 Å². The molecule has 10 rings (SSSR count). The molecule has 228 valence electrons. The van der Waals surface area contributed by atoms with E-state index in [0.29, 0.717) is 17.5 Å². The van der Waals surface area contributed by atoms with Gasteiger partial charge in [0.05, 0.1) is 11.0 Å². The van der Waals surface area contributed by atoms with E-state index in [1.54, 1.807) is 0 Å². The van der Waals surface area contributed by atoms with Gasteiger partial charge in [-0.2, -0.15) is 0 Å². The number of rotatable bonds is 4. The molecule has 0 amide bonds. The highest BCUT2D eigenvalue weighted by Gasteiger charge is 2.17. The maximum absolute atomic E-state index is 5.04. The normalized spacial score (nSPS) is 11.7. The summed E-state index contributed by atoms with van der Waals surface area (Å²) < 4.78 is 2.39. The molecular formula is C45H28N4. The van der Waals surface area contributed by atoms with Crippen LogP contribution in [0.25, 0.3) is 94.0 Å². The molecule has 0 atom stereocenters. The van der Waals surface area contributed by atoms with Crippen molar-refractivity contribution in [2.45, 2.75) is 0 Å². The quantitative estimate of drug-likeness (QED) is 0.196. The first kappa shape index (κ1) is 27.5. The molecule has 10 aromatic rings. The highest BCUT2D eigenvalue weighted by atomic mass is 15.0. The summed E-state index contributed by atoms with van der Waals surface area (Å²) in [5.74, 6) is 1.95. The number of hydrogen-bond acceptors (Lipinski definition) is 3. The third-order valence-corrected chi connectivity index (χ3v) is 9.58. The van der Waals surface area contributed by atoms with Gasteiger partial charge in [-0.3, -0.25) is 0 Å². The van der Waals surface area contributed by atoms with Crippen molar-refractivity contribution in [2.24, 2.45) is 0 Å². The minimum absolute atomic E-state index is 0.641. The molecule has 0 N–H and O–H groups in total. The fourth-order valence-electron chi connectivity index (χ4n) is 7.19. The number of nitrogens with zero attached hydrogens (tertiary/aromatic N) is 4. The fourth-order valence-corrected chi connectivity index (χ4v) is 7.19. The predicted molar refractivity (Wildman–Crippen MR) is 203 cm³/mol. The van der Waals surface area contributed by atoms with Gasteiger partial charge in [0.15, 0.2) is 17.5 Å². The molecule has 0 aliphatic carbocycles. The van der Waals surface area contributed by atoms with E-state index in [2.05, 4.69) is 144 Å². The molecule has 0 bridgehead atoms. The van der Waals surface area contributed by atoms with E-state index in [1.807, 2.05) is 30.3 Å². The van der Waals surface area contributed by atoms with Crippen molar-refractivity contribution >= 4 is 54.1 Å². The number of fused-ring (bicyclic) bond motifs is 7. The Morgan fingerprint density at radius 1 is 0.327 bits per heavy atom. The average Bonchev–Trinajstić information content (AvgIpc) is 3.50. The number of aromatic nitrogens is 4. The highest BCUT2D eigenvalue weighted by molar-refractivity contribution is 6.23. The van der Waals surface area contributed by atoms with Crippen LogP contribution in [0.15, 0.2) is 170 Å². The first-order chi connectivity index (χ1) is 24.3. The molecule has 0 saturated carbocycles. The lowest BCUT2D eigenvalue weighted by Crippen LogP contribution is -2.00. The minimum Gasteiger partial charge on any atom is -0.309 e. The van der Waals surface area contributed by atoms with Crippen LogP contribution in [0, 0.1) is 0 Å². The largest absolute Gasteiger partial charge is 0.309 e. The molecule has 2 aromatic heterocycles. The van der Waals surface area contributed by atoms with Crippen LogP contribution < -0.4 is 0 Å². The lowest BCUT2D eigenvalue weighted by atomic mass is 10.0. The van der Waals surface area contributed by atoms with Gasteiger partial charge in [0.1, 0.15) is 0 Å². The molecule has 0 aliphatic heterocycles. The Morgan fingerprint density at radius 2 is 0.857 bits per heavy atom. The van der Waals surface area contributed by atoms with E-state index in [0.717, 1.165) is 27.8 Å². The Balaban J connectivity index is 1.15. The van der Waals surface area contributed by atoms with Crippen LogP contribution in [0.5, 0.6) is 0 Å². The smallest absolute Gasteiger partial charge is 0.164 e. The second-order valence-electron chi connectivity index (χ2n) is 12.5. The van der Waals surface area contributed by atoms with Gasteiger partial charge in [-0.15, -0.1) is 0 Å². The van der Waals surface area contributed by atoms with Gasteiger partial charge in [0.2, 0.25) is 0 Å². The van der Waals surface area contributed by atoms with Crippen molar-refractivity contribution in [3.63, 3.8) is 0 Å². The lowest BCUT2D eigenvalue weighted by molar-refractivity contribution is 1.07. The highest BCUT2D eigenvalue weighted by Crippen LogP contribution is 2.39. The topological polar surface area (TPSA) is 43.6 Å². The van der Waals surface area contributed by atoms with Gasteiger partial charge in [0.25, 0.3) is 0 Å². The summed E-state index contributed by atoms with van der Waals surface area (Å²) in [7, 11) is 0. The molecule has 4 heteroatoms. The third-order valence-electron chi connectivity index (χ3n) is 9.58. The second-order valence-corrected chi connectivity index (χ2v) is 12.5. The third kappa shape index (κ3) is 4.57. The fraction of sp³-hybridized carbons (Fsp3) is 0. The first-order valence-corrected chi connectivity index (χ1v) is 16.5. The molecular weight excluding hydrogens is 597 g/mol. The second kappa shape index (κ2) is 11.0. The van der Waals surface area contributed by atoms with Crippen LogP contribution in [0.4, 0.5) is 0 Å². The summed E-state index contributed by atoms with van der Waals surface area (Å²) in [5, 5.41) is 9.82. The van der Waals surface area contributed by atoms with Crippen LogP contribution in [-0.2, 0) is 0 Å². The molecule has 0 aliphatic rings. The summed E-state index contributed by atoms with van der Waals surface area (Å²) in [6, 6.07) is 59.9. The summed E-state index contributed by atoms with van der Waals surface area (Å²) >= 11 is 0. The molecule has 0 fully saturated rings. The summed E-state index contributed by atoms with van der Waals surface area (Å²) in [6.07, 6.45) is 0. The summed E-state index contributed by atoms with van der Waals surface area (Å²) in [4.78, 5) is 15.0. The zero-order valence-corrected chi connectivity index (χ0v) is 26.5. The van der Waals surface area contributed by atoms with Crippen LogP contribution in [0.3, 0.4) is 0 Å². The molecule has 0 saturated heterocycles. The molecule has 0 unspecified atom stereocenters. The lowest BCUT2D eigenvalue weighted by Gasteiger charge is -2.11. The molecule has 0 spiro atoms. The Hall–Kier alpha value is -6.65. The Kier molecular flexibility index (Phi) is 6.15. The van der Waals surface area contributed by atoms with E-state index in [-0.39, 0.29) is 0 Å². The van der Waals surface area contributed by atoms with Crippen LogP contribution in [-0.4, -0.2) is 19.5 Å². The monoisotopic (exact) mass is 624 g/mol. The van der Waals surface area contributed by atoms with Crippen molar-refractivity contribution in [1.29, 1.82) is 0 Å². The van der Waals surface area contributed by atoms with Crippen LogP contribution in [0.1, 0.15) is 0 Å². The Bertz CT molecular complexity index is 2870. The van der Waals surface area contributed by atoms with Crippen molar-refractivity contribution in [3.05, 3.63) is 170 Å². The first-order valence-electron chi connectivity index (χ1n) is 16.5. The van der Waals surface area contributed by atoms with Gasteiger partial charge >= 0.3 is 0 Å². The SMILES string of the molecule is c1ccc(-c2nc(-c3ccc(-n4c5cc6ccccc6cc5c5c6ccccc6ccc54)cc3)nc(-c3ccc4ccccc4c3)n2)cc1. The molecule has 4 nitrogen and oxygen atoms in total. The van der Waals surface area contributed by atoms with Gasteiger partial charge in [-0.05, 0) is 80.8 Å². The predicted octanol–water partition coefficient (Wildman–Crippen LogP) is 11.4. The zero-order chi connectivity index (χ0) is 32.3. The van der Waals surface area contributed by atoms with Crippen molar-refractivity contribution in [1.82, 2.24) is 19.5 Å². The molecule has 0 radical (unpaired) electrons. The Morgan fingerprint density at radius 3 is 1.59 bits per heavy atom. The zero-order valence-electron chi connectivity index (χ0n) is 26.5. The van der Waals surface area contributed by atoms with Crippen molar-refractivity contribution in [3.8, 4) is 39.9 Å². The van der Waals surface area contributed by atoms with E-state index in [1.165, 1.54) is 48.7 Å². The van der Waals surface area contributed by atoms with Gasteiger partial charge < -0.3 is 4.57 Å². The summed E-state index contributed by atoms with van der Waals surface area (Å²) in [6.45, 7) is 0. The Labute approximate surface area is 282 Å². The standard InChI is InChI=1S/C45H28N4/c1-2-12-31(13-3-1)43-46-44(48-45(47-43)36-19-18-29-10-4-5-14-33(29)26-36)32-20-23-37(24-21-32)49-40-25-22-30-11-8-9-17-38(30)42(40)39-27-34-15-6-7-16-35(34)28-41(39)49/h1-28H. The van der Waals surface area contributed by atoms with Crippen LogP contribution >= 0.6 is 0 Å². The van der Waals surface area contributed by atoms with E-state index < -0.39 is 0 Å². The number of benzene rings is 8. The average molecular weight is 625 g/mol. The molecule has 8 aromatic carbocycles. The number of hydrogen-bond donors (Lipinski definition) is 0. The molecule has 2 heterocycles. The maximum atomic E-state index is 5.04. The van der Waals surface area contributed by atoms with Gasteiger partial charge in [-0.1, -0.05) is 121 Å².